The first-order valence-electron chi connectivity index (χ1n) is 5.10. The summed E-state index contributed by atoms with van der Waals surface area (Å²) in [5.41, 5.74) is -0.0448. The Morgan fingerprint density at radius 1 is 1.53 bits per heavy atom. The number of imidazole rings is 1. The molecule has 5 nitrogen and oxygen atoms in total. The van der Waals surface area contributed by atoms with E-state index in [1.807, 2.05) is 5.38 Å². The van der Waals surface area contributed by atoms with Gasteiger partial charge in [0.25, 0.3) is 0 Å². The van der Waals surface area contributed by atoms with Crippen LogP contribution in [0.25, 0.3) is 10.8 Å². The normalized spacial score (nSPS) is 11.5. The van der Waals surface area contributed by atoms with Crippen molar-refractivity contribution in [3.8, 4) is 10.8 Å². The Morgan fingerprint density at radius 3 is 2.88 bits per heavy atom. The van der Waals surface area contributed by atoms with E-state index in [2.05, 4.69) is 15.0 Å². The lowest BCUT2D eigenvalue weighted by molar-refractivity contribution is -0.146. The van der Waals surface area contributed by atoms with E-state index in [-0.39, 0.29) is 5.97 Å². The SMILES string of the molecule is COC(=O)C(C)(C)c1csc(-c2ncc[nH]2)n1. The molecule has 0 saturated heterocycles. The van der Waals surface area contributed by atoms with Crippen LogP contribution in [-0.2, 0) is 14.9 Å². The van der Waals surface area contributed by atoms with Crippen LogP contribution in [0.2, 0.25) is 0 Å². The fourth-order valence-electron chi connectivity index (χ4n) is 1.41. The first-order chi connectivity index (χ1) is 8.05. The summed E-state index contributed by atoms with van der Waals surface area (Å²) >= 11 is 1.45. The highest BCUT2D eigenvalue weighted by atomic mass is 32.1. The molecule has 0 aliphatic heterocycles. The van der Waals surface area contributed by atoms with Crippen LogP contribution in [0.3, 0.4) is 0 Å². The second-order valence-corrected chi connectivity index (χ2v) is 4.95. The molecule has 0 aromatic carbocycles. The molecule has 0 unspecified atom stereocenters. The molecule has 0 bridgehead atoms. The lowest BCUT2D eigenvalue weighted by Crippen LogP contribution is -2.30. The van der Waals surface area contributed by atoms with E-state index in [0.717, 1.165) is 5.01 Å². The molecule has 0 radical (unpaired) electrons. The van der Waals surface area contributed by atoms with Crippen LogP contribution in [0.1, 0.15) is 19.5 Å². The van der Waals surface area contributed by atoms with E-state index < -0.39 is 5.41 Å². The number of carbonyl (C=O) groups is 1. The van der Waals surface area contributed by atoms with Gasteiger partial charge in [-0.05, 0) is 13.8 Å². The summed E-state index contributed by atoms with van der Waals surface area (Å²) in [6.07, 6.45) is 3.41. The van der Waals surface area contributed by atoms with Gasteiger partial charge in [-0.2, -0.15) is 0 Å². The maximum atomic E-state index is 11.6. The maximum Gasteiger partial charge on any atom is 0.317 e. The lowest BCUT2D eigenvalue weighted by atomic mass is 9.90. The smallest absolute Gasteiger partial charge is 0.317 e. The van der Waals surface area contributed by atoms with Crippen molar-refractivity contribution in [2.75, 3.05) is 7.11 Å². The van der Waals surface area contributed by atoms with Crippen LogP contribution in [-0.4, -0.2) is 28.0 Å². The van der Waals surface area contributed by atoms with Gasteiger partial charge in [0.1, 0.15) is 5.41 Å². The van der Waals surface area contributed by atoms with Gasteiger partial charge in [-0.1, -0.05) is 0 Å². The quantitative estimate of drug-likeness (QED) is 0.847. The number of aromatic nitrogens is 3. The zero-order valence-electron chi connectivity index (χ0n) is 9.85. The first-order valence-corrected chi connectivity index (χ1v) is 5.98. The number of rotatable bonds is 3. The number of carbonyl (C=O) groups excluding carboxylic acids is 1. The van der Waals surface area contributed by atoms with Crippen LogP contribution in [0.15, 0.2) is 17.8 Å². The van der Waals surface area contributed by atoms with Crippen LogP contribution in [0.4, 0.5) is 0 Å². The van der Waals surface area contributed by atoms with Crippen LogP contribution in [0, 0.1) is 0 Å². The van der Waals surface area contributed by atoms with Gasteiger partial charge in [0.15, 0.2) is 10.8 Å². The molecule has 2 heterocycles. The number of nitrogens with zero attached hydrogens (tertiary/aromatic N) is 2. The van der Waals surface area contributed by atoms with Crippen LogP contribution in [0.5, 0.6) is 0 Å². The molecule has 0 fully saturated rings. The highest BCUT2D eigenvalue weighted by Gasteiger charge is 2.33. The summed E-state index contributed by atoms with van der Waals surface area (Å²) in [4.78, 5) is 23.2. The van der Waals surface area contributed by atoms with Gasteiger partial charge in [0.2, 0.25) is 0 Å². The second kappa shape index (κ2) is 4.29. The van der Waals surface area contributed by atoms with Crippen molar-refractivity contribution < 1.29 is 9.53 Å². The van der Waals surface area contributed by atoms with Crippen molar-refractivity contribution in [2.24, 2.45) is 0 Å². The fourth-order valence-corrected chi connectivity index (χ4v) is 2.36. The van der Waals surface area contributed by atoms with Gasteiger partial charge >= 0.3 is 5.97 Å². The van der Waals surface area contributed by atoms with E-state index >= 15 is 0 Å². The van der Waals surface area contributed by atoms with E-state index in [1.165, 1.54) is 18.4 Å². The minimum atomic E-state index is -0.740. The maximum absolute atomic E-state index is 11.6. The van der Waals surface area contributed by atoms with Gasteiger partial charge in [-0.25, -0.2) is 9.97 Å². The minimum absolute atomic E-state index is 0.297. The van der Waals surface area contributed by atoms with Crippen LogP contribution < -0.4 is 0 Å². The molecule has 0 atom stereocenters. The zero-order chi connectivity index (χ0) is 12.5. The Morgan fingerprint density at radius 2 is 2.29 bits per heavy atom. The second-order valence-electron chi connectivity index (χ2n) is 4.09. The predicted molar refractivity (Wildman–Crippen MR) is 64.7 cm³/mol. The Labute approximate surface area is 103 Å². The number of esters is 1. The number of hydrogen-bond donors (Lipinski definition) is 1. The third-order valence-electron chi connectivity index (χ3n) is 2.54. The molecule has 17 heavy (non-hydrogen) atoms. The monoisotopic (exact) mass is 251 g/mol. The molecule has 2 rings (SSSR count). The molecule has 0 saturated carbocycles. The number of aromatic amines is 1. The van der Waals surface area contributed by atoms with E-state index in [9.17, 15) is 4.79 Å². The van der Waals surface area contributed by atoms with Gasteiger partial charge < -0.3 is 9.72 Å². The highest BCUT2D eigenvalue weighted by molar-refractivity contribution is 7.13. The molecule has 1 N–H and O–H groups in total. The molecule has 6 heteroatoms. The third kappa shape index (κ3) is 2.08. The molecular weight excluding hydrogens is 238 g/mol. The number of nitrogens with one attached hydrogen (secondary N) is 1. The van der Waals surface area contributed by atoms with Gasteiger partial charge in [-0.15, -0.1) is 11.3 Å². The minimum Gasteiger partial charge on any atom is -0.468 e. The topological polar surface area (TPSA) is 67.9 Å². The van der Waals surface area contributed by atoms with Crippen molar-refractivity contribution in [3.63, 3.8) is 0 Å². The standard InChI is InChI=1S/C11H13N3O2S/c1-11(2,10(15)16-3)7-6-17-9(14-7)8-12-4-5-13-8/h4-6H,1-3H3,(H,12,13). The summed E-state index contributed by atoms with van der Waals surface area (Å²) in [6.45, 7) is 3.58. The predicted octanol–water partition coefficient (Wildman–Crippen LogP) is 1.98. The zero-order valence-corrected chi connectivity index (χ0v) is 10.7. The summed E-state index contributed by atoms with van der Waals surface area (Å²) < 4.78 is 4.77. The van der Waals surface area contributed by atoms with Crippen molar-refractivity contribution in [1.29, 1.82) is 0 Å². The Hall–Kier alpha value is -1.69. The van der Waals surface area contributed by atoms with Crippen LogP contribution >= 0.6 is 11.3 Å². The number of methoxy groups -OCH3 is 1. The Kier molecular flexibility index (Phi) is 2.97. The van der Waals surface area contributed by atoms with E-state index in [0.29, 0.717) is 11.5 Å². The fraction of sp³-hybridized carbons (Fsp3) is 0.364. The van der Waals surface area contributed by atoms with Gasteiger partial charge in [0.05, 0.1) is 12.8 Å². The average Bonchev–Trinajstić information content (AvgIpc) is 2.97. The largest absolute Gasteiger partial charge is 0.468 e. The lowest BCUT2D eigenvalue weighted by Gasteiger charge is -2.18. The van der Waals surface area contributed by atoms with E-state index in [1.54, 1.807) is 26.2 Å². The van der Waals surface area contributed by atoms with Crippen molar-refractivity contribution in [3.05, 3.63) is 23.5 Å². The van der Waals surface area contributed by atoms with Crippen molar-refractivity contribution in [2.45, 2.75) is 19.3 Å². The third-order valence-corrected chi connectivity index (χ3v) is 3.39. The molecule has 2 aromatic rings. The summed E-state index contributed by atoms with van der Waals surface area (Å²) in [6, 6.07) is 0. The molecule has 0 amide bonds. The Bertz CT molecular complexity index is 517. The first kappa shape index (κ1) is 11.8. The van der Waals surface area contributed by atoms with Crippen molar-refractivity contribution in [1.82, 2.24) is 15.0 Å². The summed E-state index contributed by atoms with van der Waals surface area (Å²) in [5, 5.41) is 2.62. The molecule has 2 aromatic heterocycles. The number of thiazole rings is 1. The summed E-state index contributed by atoms with van der Waals surface area (Å²) in [5.74, 6) is 0.413. The molecular formula is C11H13N3O2S. The van der Waals surface area contributed by atoms with E-state index in [4.69, 9.17) is 4.74 Å². The molecule has 0 spiro atoms. The highest BCUT2D eigenvalue weighted by Crippen LogP contribution is 2.29. The van der Waals surface area contributed by atoms with Gasteiger partial charge in [0, 0.05) is 17.8 Å². The number of H-pyrrole nitrogens is 1. The number of hydrogen-bond acceptors (Lipinski definition) is 5. The van der Waals surface area contributed by atoms with Gasteiger partial charge in [-0.3, -0.25) is 4.79 Å². The molecule has 90 valence electrons. The average molecular weight is 251 g/mol. The molecule has 0 aliphatic carbocycles. The summed E-state index contributed by atoms with van der Waals surface area (Å²) in [7, 11) is 1.38. The Balaban J connectivity index is 2.33. The van der Waals surface area contributed by atoms with Crippen molar-refractivity contribution >= 4 is 17.3 Å². The number of ether oxygens (including phenoxy) is 1. The molecule has 0 aliphatic rings.